The Hall–Kier alpha value is -3.05. The summed E-state index contributed by atoms with van der Waals surface area (Å²) in [6, 6.07) is 10.9. The molecule has 0 fully saturated rings. The lowest BCUT2D eigenvalue weighted by Crippen LogP contribution is -2.20. The molecule has 0 unspecified atom stereocenters. The van der Waals surface area contributed by atoms with Gasteiger partial charge in [-0.05, 0) is 45.4 Å². The first-order valence-electron chi connectivity index (χ1n) is 7.13. The quantitative estimate of drug-likeness (QED) is 0.849. The van der Waals surface area contributed by atoms with Gasteiger partial charge >= 0.3 is 0 Å². The number of amides is 1. The minimum Gasteiger partial charge on any atom is -0.480 e. The minimum absolute atomic E-state index is 0.0436. The topological polar surface area (TPSA) is 85.9 Å². The number of nitrogens with zero attached hydrogens (tertiary/aromatic N) is 2. The van der Waals surface area contributed by atoms with E-state index in [9.17, 15) is 4.79 Å². The molecule has 0 spiro atoms. The first kappa shape index (κ1) is 16.3. The van der Waals surface area contributed by atoms with Crippen LogP contribution >= 0.6 is 0 Å². The zero-order valence-electron chi connectivity index (χ0n) is 13.5. The van der Waals surface area contributed by atoms with Gasteiger partial charge in [0.05, 0.1) is 5.57 Å². The highest BCUT2D eigenvalue weighted by Crippen LogP contribution is 2.39. The lowest BCUT2D eigenvalue weighted by molar-refractivity contribution is -0.112. The Bertz CT molecular complexity index is 784. The van der Waals surface area contributed by atoms with E-state index < -0.39 is 11.5 Å². The highest BCUT2D eigenvalue weighted by atomic mass is 16.5. The lowest BCUT2D eigenvalue weighted by Gasteiger charge is -2.20. The van der Waals surface area contributed by atoms with Crippen molar-refractivity contribution >= 4 is 11.6 Å². The van der Waals surface area contributed by atoms with Crippen molar-refractivity contribution in [2.45, 2.75) is 33.3 Å². The van der Waals surface area contributed by atoms with Crippen LogP contribution in [0.2, 0.25) is 0 Å². The lowest BCUT2D eigenvalue weighted by atomic mass is 9.96. The van der Waals surface area contributed by atoms with Crippen LogP contribution in [0.3, 0.4) is 0 Å². The summed E-state index contributed by atoms with van der Waals surface area (Å²) >= 11 is 0. The van der Waals surface area contributed by atoms with Crippen LogP contribution in [-0.4, -0.2) is 11.5 Å². The summed E-state index contributed by atoms with van der Waals surface area (Å²) in [4.78, 5) is 12.6. The maximum atomic E-state index is 12.6. The standard InChI is InChI=1S/C18H17N3O2/c1-11-5-7-14(8-6-11)21-17(22)15-12(2)18(3,4)23-16(15)13(9-19)10-20/h5-8H,1-4H3,(H,21,22). The van der Waals surface area contributed by atoms with Gasteiger partial charge in [0.25, 0.3) is 5.91 Å². The summed E-state index contributed by atoms with van der Waals surface area (Å²) in [5.74, 6) is -0.350. The third-order valence-corrected chi connectivity index (χ3v) is 3.85. The van der Waals surface area contributed by atoms with Crippen molar-refractivity contribution in [3.63, 3.8) is 0 Å². The average Bonchev–Trinajstić information content (AvgIpc) is 2.73. The van der Waals surface area contributed by atoms with Gasteiger partial charge in [-0.25, -0.2) is 0 Å². The molecule has 1 amide bonds. The summed E-state index contributed by atoms with van der Waals surface area (Å²) in [5, 5.41) is 21.0. The smallest absolute Gasteiger partial charge is 0.259 e. The highest BCUT2D eigenvalue weighted by Gasteiger charge is 2.40. The van der Waals surface area contributed by atoms with Crippen molar-refractivity contribution in [3.05, 3.63) is 52.3 Å². The molecule has 116 valence electrons. The number of nitriles is 2. The van der Waals surface area contributed by atoms with Crippen LogP contribution in [0.5, 0.6) is 0 Å². The minimum atomic E-state index is -0.742. The molecular formula is C18H17N3O2. The number of ether oxygens (including phenoxy) is 1. The van der Waals surface area contributed by atoms with Crippen molar-refractivity contribution in [2.24, 2.45) is 0 Å². The van der Waals surface area contributed by atoms with Crippen molar-refractivity contribution in [2.75, 3.05) is 5.32 Å². The second kappa shape index (κ2) is 5.98. The number of nitrogens with one attached hydrogen (secondary N) is 1. The van der Waals surface area contributed by atoms with Gasteiger partial charge in [0, 0.05) is 5.69 Å². The van der Waals surface area contributed by atoms with Crippen LogP contribution in [0.25, 0.3) is 0 Å². The molecule has 2 rings (SSSR count). The third-order valence-electron chi connectivity index (χ3n) is 3.85. The number of benzene rings is 1. The summed E-state index contributed by atoms with van der Waals surface area (Å²) in [6.45, 7) is 7.31. The Morgan fingerprint density at radius 3 is 2.22 bits per heavy atom. The van der Waals surface area contributed by atoms with Crippen molar-refractivity contribution in [3.8, 4) is 12.1 Å². The molecule has 0 atom stereocenters. The average molecular weight is 307 g/mol. The van der Waals surface area contributed by atoms with Crippen LogP contribution in [0.4, 0.5) is 5.69 Å². The van der Waals surface area contributed by atoms with Crippen molar-refractivity contribution in [1.29, 1.82) is 10.5 Å². The Kier molecular flexibility index (Phi) is 4.24. The third kappa shape index (κ3) is 3.09. The Morgan fingerprint density at radius 2 is 1.70 bits per heavy atom. The molecule has 0 radical (unpaired) electrons. The van der Waals surface area contributed by atoms with Crippen LogP contribution in [0, 0.1) is 29.6 Å². The Labute approximate surface area is 135 Å². The van der Waals surface area contributed by atoms with Crippen molar-refractivity contribution in [1.82, 2.24) is 0 Å². The fourth-order valence-corrected chi connectivity index (χ4v) is 2.26. The second-order valence-corrected chi connectivity index (χ2v) is 5.86. The first-order valence-corrected chi connectivity index (χ1v) is 7.13. The zero-order chi connectivity index (χ0) is 17.2. The molecule has 1 aromatic rings. The van der Waals surface area contributed by atoms with E-state index in [-0.39, 0.29) is 16.9 Å². The van der Waals surface area contributed by atoms with E-state index >= 15 is 0 Å². The van der Waals surface area contributed by atoms with E-state index in [0.29, 0.717) is 11.3 Å². The number of hydrogen-bond acceptors (Lipinski definition) is 4. The Morgan fingerprint density at radius 1 is 1.13 bits per heavy atom. The molecule has 5 heteroatoms. The number of allylic oxidation sites excluding steroid dienone is 1. The molecule has 23 heavy (non-hydrogen) atoms. The summed E-state index contributed by atoms with van der Waals surface area (Å²) < 4.78 is 5.70. The van der Waals surface area contributed by atoms with Crippen LogP contribution in [0.1, 0.15) is 26.3 Å². The predicted octanol–water partition coefficient (Wildman–Crippen LogP) is 3.36. The molecule has 1 aliphatic heterocycles. The maximum Gasteiger partial charge on any atom is 0.259 e. The summed E-state index contributed by atoms with van der Waals surface area (Å²) in [5.41, 5.74) is 1.70. The van der Waals surface area contributed by atoms with Crippen LogP contribution < -0.4 is 5.32 Å². The zero-order valence-corrected chi connectivity index (χ0v) is 13.5. The van der Waals surface area contributed by atoms with Crippen molar-refractivity contribution < 1.29 is 9.53 Å². The largest absolute Gasteiger partial charge is 0.480 e. The Balaban J connectivity index is 2.45. The number of hydrogen-bond donors (Lipinski definition) is 1. The molecule has 0 aliphatic carbocycles. The molecule has 1 N–H and O–H groups in total. The molecular weight excluding hydrogens is 290 g/mol. The van der Waals surface area contributed by atoms with E-state index in [2.05, 4.69) is 5.32 Å². The number of carbonyl (C=O) groups is 1. The fourth-order valence-electron chi connectivity index (χ4n) is 2.26. The monoisotopic (exact) mass is 307 g/mol. The van der Waals surface area contributed by atoms with Gasteiger partial charge in [0.1, 0.15) is 17.7 Å². The maximum absolute atomic E-state index is 12.6. The SMILES string of the molecule is CC1=C(C(=O)Nc2ccc(C)cc2)C(=C(C#N)C#N)OC1(C)C. The van der Waals surface area contributed by atoms with E-state index in [1.54, 1.807) is 45.0 Å². The van der Waals surface area contributed by atoms with E-state index in [4.69, 9.17) is 15.3 Å². The van der Waals surface area contributed by atoms with Gasteiger partial charge in [-0.3, -0.25) is 4.79 Å². The molecule has 0 aromatic heterocycles. The molecule has 0 saturated heterocycles. The van der Waals surface area contributed by atoms with E-state index in [1.807, 2.05) is 19.1 Å². The predicted molar refractivity (Wildman–Crippen MR) is 85.9 cm³/mol. The van der Waals surface area contributed by atoms with Gasteiger partial charge in [-0.1, -0.05) is 17.7 Å². The number of anilines is 1. The van der Waals surface area contributed by atoms with Gasteiger partial charge in [-0.2, -0.15) is 10.5 Å². The van der Waals surface area contributed by atoms with Crippen LogP contribution in [-0.2, 0) is 9.53 Å². The molecule has 5 nitrogen and oxygen atoms in total. The van der Waals surface area contributed by atoms with Crippen LogP contribution in [0.15, 0.2) is 46.7 Å². The molecule has 1 aliphatic rings. The summed E-state index contributed by atoms with van der Waals surface area (Å²) in [7, 11) is 0. The first-order chi connectivity index (χ1) is 10.8. The molecule has 0 bridgehead atoms. The molecule has 0 saturated carbocycles. The second-order valence-electron chi connectivity index (χ2n) is 5.86. The van der Waals surface area contributed by atoms with E-state index in [1.165, 1.54) is 0 Å². The van der Waals surface area contributed by atoms with Gasteiger partial charge in [0.2, 0.25) is 0 Å². The van der Waals surface area contributed by atoms with Gasteiger partial charge in [-0.15, -0.1) is 0 Å². The van der Waals surface area contributed by atoms with Gasteiger partial charge in [0.15, 0.2) is 11.3 Å². The molecule has 1 aromatic carbocycles. The van der Waals surface area contributed by atoms with Gasteiger partial charge < -0.3 is 10.1 Å². The number of carbonyl (C=O) groups excluding carboxylic acids is 1. The summed E-state index contributed by atoms with van der Waals surface area (Å²) in [6.07, 6.45) is 0. The number of aryl methyl sites for hydroxylation is 1. The van der Waals surface area contributed by atoms with E-state index in [0.717, 1.165) is 5.56 Å². The molecule has 1 heterocycles. The fraction of sp³-hybridized carbons (Fsp3) is 0.278. The highest BCUT2D eigenvalue weighted by molar-refractivity contribution is 6.08. The number of rotatable bonds is 2. The normalized spacial score (nSPS) is 15.5.